The van der Waals surface area contributed by atoms with Crippen molar-refractivity contribution in [2.75, 3.05) is 0 Å². The van der Waals surface area contributed by atoms with Crippen LogP contribution in [0.25, 0.3) is 0 Å². The van der Waals surface area contributed by atoms with Crippen LogP contribution in [0.3, 0.4) is 0 Å². The Balaban J connectivity index is 1.29. The summed E-state index contributed by atoms with van der Waals surface area (Å²) >= 11 is 7.69. The monoisotopic (exact) mass is 1310 g/mol. The third-order valence-corrected chi connectivity index (χ3v) is 20.8. The molecule has 2 aliphatic rings. The minimum absolute atomic E-state index is 0.0117. The molecule has 8 rings (SSSR count). The Bertz CT molecular complexity index is 2770. The second kappa shape index (κ2) is 24.1. The zero-order valence-corrected chi connectivity index (χ0v) is 51.6. The summed E-state index contributed by atoms with van der Waals surface area (Å²) in [5.74, 6) is 2.20. The fourth-order valence-corrected chi connectivity index (χ4v) is 18.3. The van der Waals surface area contributed by atoms with Gasteiger partial charge in [-0.25, -0.2) is 0 Å². The summed E-state index contributed by atoms with van der Waals surface area (Å²) < 4.78 is 19.4. The van der Waals surface area contributed by atoms with Crippen LogP contribution >= 0.6 is 83.6 Å². The zero-order valence-electron chi connectivity index (χ0n) is 43.3. The summed E-state index contributed by atoms with van der Waals surface area (Å²) in [5, 5.41) is 8.35. The van der Waals surface area contributed by atoms with Crippen LogP contribution in [0.15, 0.2) is 109 Å². The first-order valence-corrected chi connectivity index (χ1v) is 32.1. The number of rotatable bonds is 15. The smallest absolute Gasteiger partial charge is 0.131 e. The van der Waals surface area contributed by atoms with Gasteiger partial charge in [0.1, 0.15) is 23.7 Å². The number of halogens is 3. The van der Waals surface area contributed by atoms with Gasteiger partial charge >= 0.3 is 0 Å². The fourth-order valence-electron chi connectivity index (χ4n) is 10.2. The van der Waals surface area contributed by atoms with Gasteiger partial charge in [-0.15, -0.1) is 0 Å². The van der Waals surface area contributed by atoms with E-state index >= 15 is 0 Å². The first kappa shape index (κ1) is 54.2. The Hall–Kier alpha value is -2.03. The molecule has 0 spiro atoms. The molecule has 2 unspecified atom stereocenters. The molecule has 0 saturated heterocycles. The van der Waals surface area contributed by atoms with Gasteiger partial charge in [0.15, 0.2) is 0 Å². The van der Waals surface area contributed by atoms with E-state index < -0.39 is 15.8 Å². The van der Waals surface area contributed by atoms with E-state index in [0.29, 0.717) is 0 Å². The Kier molecular flexibility index (Phi) is 18.7. The maximum absolute atomic E-state index is 7.74. The average Bonchev–Trinajstić information content (AvgIpc) is 3.44. The predicted molar refractivity (Wildman–Crippen MR) is 332 cm³/mol. The number of ether oxygens (including phenoxy) is 2. The standard InChI is InChI=1S/C63H75I3O2P2/c1-10-13-19-42-28-47(62(4,5)6)37-54(31-42)69(55-32-43(20-14-11-2)29-49(64)39-55)58-26-16-22-45-34-53-25-18-24-52(67-60(45)58)35-46-23-17-27-59(61(46)68-53)70(56-33-44(21-15-12-3)30-50(65)40-56)57-38-48(63(7,8)9)36-51(66)41-57/h16-17,22-23,26-33,36-41,52-53H,10-15,18-21,24-25,34-35H2,1-9H3/t52-,53-,69?,70?/m1/s1. The van der Waals surface area contributed by atoms with Crippen molar-refractivity contribution in [1.29, 1.82) is 0 Å². The van der Waals surface area contributed by atoms with Crippen LogP contribution in [0, 0.1) is 10.7 Å². The topological polar surface area (TPSA) is 18.5 Å². The molecule has 2 heterocycles. The minimum Gasteiger partial charge on any atom is -0.489 e. The number of benzene rings is 6. The molecule has 0 aliphatic carbocycles. The van der Waals surface area contributed by atoms with Crippen molar-refractivity contribution in [2.45, 2.75) is 175 Å². The van der Waals surface area contributed by atoms with Crippen molar-refractivity contribution >= 4 is 115 Å². The Labute approximate surface area is 466 Å². The minimum atomic E-state index is -0.967. The van der Waals surface area contributed by atoms with Crippen molar-refractivity contribution in [3.05, 3.63) is 159 Å². The molecule has 0 N–H and O–H groups in total. The highest BCUT2D eigenvalue weighted by Crippen LogP contribution is 2.45. The summed E-state index contributed by atoms with van der Waals surface area (Å²) in [6.45, 7) is 21.1. The lowest BCUT2D eigenvalue weighted by Gasteiger charge is -2.31. The SMILES string of the molecule is CCCCc1cc(I)cc(P(c2cc(I)cc(C(C)(C)C)c2)c2cccc3c2O[C@@H]2CCC[C@H](C3)Oc3c(cccc3P(c3cc(I)cc(CCCC)c3)c3cc(CCCC)cc(C(C)(C)C)c3)C2)c1. The van der Waals surface area contributed by atoms with Crippen LogP contribution in [-0.2, 0) is 42.9 Å². The molecular weight excluding hydrogens is 1230 g/mol. The van der Waals surface area contributed by atoms with Gasteiger partial charge in [-0.3, -0.25) is 0 Å². The number of hydrogen-bond acceptors (Lipinski definition) is 2. The van der Waals surface area contributed by atoms with E-state index in [9.17, 15) is 0 Å². The Morgan fingerprint density at radius 2 is 0.843 bits per heavy atom. The van der Waals surface area contributed by atoms with Crippen LogP contribution in [0.1, 0.15) is 159 Å². The van der Waals surface area contributed by atoms with Crippen LogP contribution in [0.4, 0.5) is 0 Å². The van der Waals surface area contributed by atoms with E-state index in [2.05, 4.69) is 239 Å². The fraction of sp³-hybridized carbons (Fsp3) is 0.429. The molecule has 0 fully saturated rings. The summed E-state index contributed by atoms with van der Waals surface area (Å²) in [5.41, 5.74) is 9.76. The number of unbranched alkanes of at least 4 members (excludes halogenated alkanes) is 3. The van der Waals surface area contributed by atoms with E-state index in [1.165, 1.54) is 120 Å². The van der Waals surface area contributed by atoms with Crippen LogP contribution < -0.4 is 41.3 Å². The molecule has 2 nitrogen and oxygen atoms in total. The third-order valence-electron chi connectivity index (χ3n) is 14.1. The van der Waals surface area contributed by atoms with Crippen molar-refractivity contribution in [2.24, 2.45) is 0 Å². The summed E-state index contributed by atoms with van der Waals surface area (Å²) in [6, 6.07) is 44.0. The van der Waals surface area contributed by atoms with Crippen LogP contribution in [0.2, 0.25) is 0 Å². The maximum Gasteiger partial charge on any atom is 0.131 e. The van der Waals surface area contributed by atoms with Crippen molar-refractivity contribution < 1.29 is 9.47 Å². The molecule has 2 bridgehead atoms. The van der Waals surface area contributed by atoms with Gasteiger partial charge in [-0.05, 0) is 249 Å². The van der Waals surface area contributed by atoms with Gasteiger partial charge in [0.25, 0.3) is 0 Å². The molecule has 7 heteroatoms. The molecule has 0 saturated carbocycles. The molecule has 2 aliphatic heterocycles. The number of aryl methyl sites for hydroxylation is 3. The quantitative estimate of drug-likeness (QED) is 0.0754. The molecule has 4 atom stereocenters. The lowest BCUT2D eigenvalue weighted by Crippen LogP contribution is -2.31. The predicted octanol–water partition coefficient (Wildman–Crippen LogP) is 16.1. The summed E-state index contributed by atoms with van der Waals surface area (Å²) in [6.07, 6.45) is 15.2. The normalized spacial score (nSPS) is 16.9. The number of fused-ring (bicyclic) bond motifs is 6. The number of hydrogen-bond donors (Lipinski definition) is 0. The lowest BCUT2D eigenvalue weighted by molar-refractivity contribution is 0.189. The van der Waals surface area contributed by atoms with Gasteiger partial charge in [0.05, 0.1) is 0 Å². The molecule has 70 heavy (non-hydrogen) atoms. The Morgan fingerprint density at radius 1 is 0.471 bits per heavy atom. The molecule has 0 radical (unpaired) electrons. The zero-order chi connectivity index (χ0) is 49.7. The van der Waals surface area contributed by atoms with Gasteiger partial charge < -0.3 is 9.47 Å². The lowest BCUT2D eigenvalue weighted by atomic mass is 9.86. The second-order valence-corrected chi connectivity index (χ2v) is 30.2. The highest BCUT2D eigenvalue weighted by Gasteiger charge is 2.34. The molecule has 0 aromatic heterocycles. The van der Waals surface area contributed by atoms with Crippen molar-refractivity contribution in [1.82, 2.24) is 0 Å². The highest BCUT2D eigenvalue weighted by molar-refractivity contribution is 14.1. The molecule has 370 valence electrons. The van der Waals surface area contributed by atoms with E-state index in [0.717, 1.165) is 62.9 Å². The first-order chi connectivity index (χ1) is 33.5. The largest absolute Gasteiger partial charge is 0.489 e. The summed E-state index contributed by atoms with van der Waals surface area (Å²) in [4.78, 5) is 0. The Morgan fingerprint density at radius 3 is 1.26 bits per heavy atom. The van der Waals surface area contributed by atoms with Crippen molar-refractivity contribution in [3.8, 4) is 11.5 Å². The van der Waals surface area contributed by atoms with E-state index in [-0.39, 0.29) is 23.0 Å². The molecular formula is C63H75I3O2P2. The van der Waals surface area contributed by atoms with Crippen LogP contribution in [0.5, 0.6) is 11.5 Å². The average molecular weight is 1310 g/mol. The van der Waals surface area contributed by atoms with Gasteiger partial charge in [0.2, 0.25) is 0 Å². The maximum atomic E-state index is 7.74. The van der Waals surface area contributed by atoms with E-state index in [4.69, 9.17) is 9.47 Å². The second-order valence-electron chi connectivity index (χ2n) is 22.1. The highest BCUT2D eigenvalue weighted by atomic mass is 127. The van der Waals surface area contributed by atoms with Crippen molar-refractivity contribution in [3.63, 3.8) is 0 Å². The molecule has 6 aromatic rings. The van der Waals surface area contributed by atoms with Crippen LogP contribution in [-0.4, -0.2) is 12.2 Å². The van der Waals surface area contributed by atoms with E-state index in [1.807, 2.05) is 0 Å². The number of para-hydroxylation sites is 2. The summed E-state index contributed by atoms with van der Waals surface area (Å²) in [7, 11) is -1.93. The third kappa shape index (κ3) is 13.4. The molecule has 6 aromatic carbocycles. The molecule has 0 amide bonds. The van der Waals surface area contributed by atoms with E-state index in [1.54, 1.807) is 0 Å². The van der Waals surface area contributed by atoms with Gasteiger partial charge in [-0.2, -0.15) is 0 Å². The van der Waals surface area contributed by atoms with Gasteiger partial charge in [0, 0.05) is 34.2 Å². The first-order valence-electron chi connectivity index (χ1n) is 26.2. The van der Waals surface area contributed by atoms with Gasteiger partial charge in [-0.1, -0.05) is 154 Å².